The van der Waals surface area contributed by atoms with E-state index in [1.54, 1.807) is 19.2 Å². The standard InChI is InChI=1S/C16H13NO4/c1-19-9-2-3-12-10(6-9)16(18)11-7-14-15(8-13(11)17-12)21-5-4-20-14/h2-3,6-8H,4-5H2,1H3,(H,17,18). The van der Waals surface area contributed by atoms with Crippen LogP contribution in [0.5, 0.6) is 17.2 Å². The molecule has 0 radical (unpaired) electrons. The molecule has 2 aromatic carbocycles. The van der Waals surface area contributed by atoms with Crippen LogP contribution in [0.25, 0.3) is 21.8 Å². The van der Waals surface area contributed by atoms with Crippen LogP contribution in [0.15, 0.2) is 35.1 Å². The van der Waals surface area contributed by atoms with Crippen molar-refractivity contribution in [3.63, 3.8) is 0 Å². The fourth-order valence-electron chi connectivity index (χ4n) is 2.62. The van der Waals surface area contributed by atoms with Crippen molar-refractivity contribution in [1.29, 1.82) is 0 Å². The predicted molar refractivity (Wildman–Crippen MR) is 79.6 cm³/mol. The summed E-state index contributed by atoms with van der Waals surface area (Å²) in [4.78, 5) is 15.9. The minimum absolute atomic E-state index is 0.0466. The van der Waals surface area contributed by atoms with Crippen LogP contribution in [0, 0.1) is 0 Å². The number of fused-ring (bicyclic) bond motifs is 3. The van der Waals surface area contributed by atoms with Crippen molar-refractivity contribution in [2.45, 2.75) is 0 Å². The molecule has 0 amide bonds. The molecule has 1 aromatic heterocycles. The highest BCUT2D eigenvalue weighted by atomic mass is 16.6. The Morgan fingerprint density at radius 1 is 1.00 bits per heavy atom. The molecule has 0 saturated heterocycles. The molecule has 0 spiro atoms. The minimum atomic E-state index is -0.0466. The first-order chi connectivity index (χ1) is 10.3. The summed E-state index contributed by atoms with van der Waals surface area (Å²) in [5.41, 5.74) is 1.46. The third-order valence-corrected chi connectivity index (χ3v) is 3.67. The monoisotopic (exact) mass is 283 g/mol. The zero-order chi connectivity index (χ0) is 14.4. The first-order valence-electron chi connectivity index (χ1n) is 6.69. The maximum atomic E-state index is 12.7. The highest BCUT2D eigenvalue weighted by Gasteiger charge is 2.15. The number of hydrogen-bond acceptors (Lipinski definition) is 4. The van der Waals surface area contributed by atoms with Gasteiger partial charge in [-0.25, -0.2) is 0 Å². The van der Waals surface area contributed by atoms with Crippen molar-refractivity contribution >= 4 is 21.8 Å². The van der Waals surface area contributed by atoms with Gasteiger partial charge in [-0.2, -0.15) is 0 Å². The van der Waals surface area contributed by atoms with Crippen LogP contribution in [-0.2, 0) is 0 Å². The average molecular weight is 283 g/mol. The zero-order valence-electron chi connectivity index (χ0n) is 11.4. The first-order valence-corrected chi connectivity index (χ1v) is 6.69. The predicted octanol–water partition coefficient (Wildman–Crippen LogP) is 2.46. The largest absolute Gasteiger partial charge is 0.497 e. The van der Waals surface area contributed by atoms with Crippen molar-refractivity contribution < 1.29 is 14.2 Å². The maximum absolute atomic E-state index is 12.7. The van der Waals surface area contributed by atoms with Crippen LogP contribution in [0.2, 0.25) is 0 Å². The number of aromatic amines is 1. The molecule has 1 aliphatic heterocycles. The summed E-state index contributed by atoms with van der Waals surface area (Å²) < 4.78 is 16.3. The third kappa shape index (κ3) is 1.81. The van der Waals surface area contributed by atoms with E-state index in [-0.39, 0.29) is 5.43 Å². The Hall–Kier alpha value is -2.69. The van der Waals surface area contributed by atoms with Gasteiger partial charge in [0.1, 0.15) is 19.0 Å². The first kappa shape index (κ1) is 12.1. The Bertz CT molecular complexity index is 913. The van der Waals surface area contributed by atoms with Gasteiger partial charge in [-0.05, 0) is 24.3 Å². The number of aromatic nitrogens is 1. The molecule has 106 valence electrons. The summed E-state index contributed by atoms with van der Waals surface area (Å²) in [5, 5.41) is 1.18. The molecule has 0 fully saturated rings. The molecule has 1 aliphatic rings. The quantitative estimate of drug-likeness (QED) is 0.697. The Labute approximate surface area is 120 Å². The van der Waals surface area contributed by atoms with E-state index in [1.165, 1.54) is 0 Å². The van der Waals surface area contributed by atoms with Crippen molar-refractivity contribution in [2.75, 3.05) is 20.3 Å². The highest BCUT2D eigenvalue weighted by molar-refractivity contribution is 5.94. The molecule has 0 saturated carbocycles. The van der Waals surface area contributed by atoms with E-state index in [1.807, 2.05) is 18.2 Å². The molecule has 3 aromatic rings. The van der Waals surface area contributed by atoms with Crippen molar-refractivity contribution in [2.24, 2.45) is 0 Å². The number of benzene rings is 2. The summed E-state index contributed by atoms with van der Waals surface area (Å²) in [6.07, 6.45) is 0. The molecule has 5 heteroatoms. The van der Waals surface area contributed by atoms with Crippen LogP contribution in [0.1, 0.15) is 0 Å². The number of H-pyrrole nitrogens is 1. The van der Waals surface area contributed by atoms with E-state index in [4.69, 9.17) is 14.2 Å². The van der Waals surface area contributed by atoms with Gasteiger partial charge in [0.25, 0.3) is 0 Å². The van der Waals surface area contributed by atoms with Crippen LogP contribution >= 0.6 is 0 Å². The molecule has 0 bridgehead atoms. The number of pyridine rings is 1. The van der Waals surface area contributed by atoms with E-state index < -0.39 is 0 Å². The Balaban J connectivity index is 2.08. The van der Waals surface area contributed by atoms with Gasteiger partial charge in [0.15, 0.2) is 16.9 Å². The highest BCUT2D eigenvalue weighted by Crippen LogP contribution is 2.33. The van der Waals surface area contributed by atoms with Crippen LogP contribution < -0.4 is 19.6 Å². The third-order valence-electron chi connectivity index (χ3n) is 3.67. The number of ether oxygens (including phenoxy) is 3. The normalized spacial score (nSPS) is 13.6. The second-order valence-electron chi connectivity index (χ2n) is 4.91. The number of rotatable bonds is 1. The summed E-state index contributed by atoms with van der Waals surface area (Å²) in [6.45, 7) is 1.02. The molecule has 0 aliphatic carbocycles. The molecule has 2 heterocycles. The average Bonchev–Trinajstić information content (AvgIpc) is 2.53. The SMILES string of the molecule is COc1ccc2[nH]c3cc4c(cc3c(=O)c2c1)OCCO4. The molecule has 0 atom stereocenters. The molecule has 21 heavy (non-hydrogen) atoms. The Morgan fingerprint density at radius 2 is 1.71 bits per heavy atom. The van der Waals surface area contributed by atoms with Gasteiger partial charge >= 0.3 is 0 Å². The van der Waals surface area contributed by atoms with Gasteiger partial charge in [-0.15, -0.1) is 0 Å². The van der Waals surface area contributed by atoms with Crippen LogP contribution in [0.3, 0.4) is 0 Å². The lowest BCUT2D eigenvalue weighted by Crippen LogP contribution is -2.16. The van der Waals surface area contributed by atoms with E-state index in [0.717, 1.165) is 11.0 Å². The molecule has 5 nitrogen and oxygen atoms in total. The van der Waals surface area contributed by atoms with E-state index in [0.29, 0.717) is 41.2 Å². The van der Waals surface area contributed by atoms with Crippen molar-refractivity contribution in [1.82, 2.24) is 4.98 Å². The van der Waals surface area contributed by atoms with Gasteiger partial charge in [-0.3, -0.25) is 4.79 Å². The lowest BCUT2D eigenvalue weighted by atomic mass is 10.1. The molecule has 4 rings (SSSR count). The van der Waals surface area contributed by atoms with Gasteiger partial charge in [-0.1, -0.05) is 0 Å². The van der Waals surface area contributed by atoms with Gasteiger partial charge in [0.2, 0.25) is 0 Å². The number of methoxy groups -OCH3 is 1. The molecule has 0 unspecified atom stereocenters. The fourth-order valence-corrected chi connectivity index (χ4v) is 2.62. The topological polar surface area (TPSA) is 60.6 Å². The second kappa shape index (κ2) is 4.41. The van der Waals surface area contributed by atoms with E-state index >= 15 is 0 Å². The minimum Gasteiger partial charge on any atom is -0.497 e. The van der Waals surface area contributed by atoms with E-state index in [2.05, 4.69) is 4.98 Å². The van der Waals surface area contributed by atoms with E-state index in [9.17, 15) is 4.79 Å². The van der Waals surface area contributed by atoms with Crippen molar-refractivity contribution in [3.05, 3.63) is 40.6 Å². The van der Waals surface area contributed by atoms with Gasteiger partial charge < -0.3 is 19.2 Å². The molecule has 1 N–H and O–H groups in total. The van der Waals surface area contributed by atoms with Gasteiger partial charge in [0.05, 0.1) is 23.5 Å². The maximum Gasteiger partial charge on any atom is 0.197 e. The fraction of sp³-hybridized carbons (Fsp3) is 0.188. The smallest absolute Gasteiger partial charge is 0.197 e. The second-order valence-corrected chi connectivity index (χ2v) is 4.91. The number of nitrogens with one attached hydrogen (secondary N) is 1. The summed E-state index contributed by atoms with van der Waals surface area (Å²) in [7, 11) is 1.58. The van der Waals surface area contributed by atoms with Crippen LogP contribution in [0.4, 0.5) is 0 Å². The molecular formula is C16H13NO4. The number of hydrogen-bond donors (Lipinski definition) is 1. The van der Waals surface area contributed by atoms with Crippen molar-refractivity contribution in [3.8, 4) is 17.2 Å². The molecular weight excluding hydrogens is 270 g/mol. The lowest BCUT2D eigenvalue weighted by Gasteiger charge is -2.18. The van der Waals surface area contributed by atoms with Crippen LogP contribution in [-0.4, -0.2) is 25.3 Å². The summed E-state index contributed by atoms with van der Waals surface area (Å²) in [5.74, 6) is 1.93. The summed E-state index contributed by atoms with van der Waals surface area (Å²) >= 11 is 0. The lowest BCUT2D eigenvalue weighted by molar-refractivity contribution is 0.172. The Morgan fingerprint density at radius 3 is 2.48 bits per heavy atom. The Kier molecular flexibility index (Phi) is 2.54. The zero-order valence-corrected chi connectivity index (χ0v) is 11.4. The summed E-state index contributed by atoms with van der Waals surface area (Å²) in [6, 6.07) is 8.95. The van der Waals surface area contributed by atoms with Gasteiger partial charge in [0, 0.05) is 11.5 Å².